The molecule has 1 heterocycles. The van der Waals surface area contributed by atoms with E-state index in [0.717, 1.165) is 33.9 Å². The van der Waals surface area contributed by atoms with Crippen molar-refractivity contribution in [3.8, 4) is 0 Å². The molecule has 0 fully saturated rings. The van der Waals surface area contributed by atoms with Crippen molar-refractivity contribution in [2.45, 2.75) is 0 Å². The van der Waals surface area contributed by atoms with Gasteiger partial charge in [-0.25, -0.2) is 0 Å². The van der Waals surface area contributed by atoms with Gasteiger partial charge in [0.15, 0.2) is 0 Å². The van der Waals surface area contributed by atoms with Crippen molar-refractivity contribution in [2.24, 2.45) is 0 Å². The van der Waals surface area contributed by atoms with Crippen molar-refractivity contribution in [3.05, 3.63) is 153 Å². The lowest BCUT2D eigenvalue weighted by molar-refractivity contribution is -0.385. The second kappa shape index (κ2) is 9.55. The number of nitrogens with zero attached hydrogens (tertiary/aromatic N) is 4. The Labute approximate surface area is 207 Å². The van der Waals surface area contributed by atoms with Crippen molar-refractivity contribution in [1.29, 1.82) is 0 Å². The molecular formula is C28H20N4O4. The van der Waals surface area contributed by atoms with Crippen LogP contribution >= 0.6 is 0 Å². The molecule has 5 rings (SSSR count). The quantitative estimate of drug-likeness (QED) is 0.224. The highest BCUT2D eigenvalue weighted by Crippen LogP contribution is 2.38. The number of para-hydroxylation sites is 2. The number of nitro groups is 2. The van der Waals surface area contributed by atoms with E-state index in [1.807, 2.05) is 82.9 Å². The average molecular weight is 476 g/mol. The highest BCUT2D eigenvalue weighted by Gasteiger charge is 2.25. The van der Waals surface area contributed by atoms with Gasteiger partial charge in [0.1, 0.15) is 0 Å². The summed E-state index contributed by atoms with van der Waals surface area (Å²) < 4.78 is 0. The summed E-state index contributed by atoms with van der Waals surface area (Å²) in [5, 5.41) is 22.4. The summed E-state index contributed by atoms with van der Waals surface area (Å²) in [5.74, 6) is 0. The van der Waals surface area contributed by atoms with Gasteiger partial charge >= 0.3 is 0 Å². The van der Waals surface area contributed by atoms with Gasteiger partial charge in [0.05, 0.1) is 21.2 Å². The Bertz CT molecular complexity index is 1350. The van der Waals surface area contributed by atoms with E-state index in [1.54, 1.807) is 24.3 Å². The van der Waals surface area contributed by atoms with E-state index in [4.69, 9.17) is 0 Å². The Morgan fingerprint density at radius 3 is 1.11 bits per heavy atom. The third kappa shape index (κ3) is 4.43. The molecule has 8 heteroatoms. The minimum atomic E-state index is -0.420. The van der Waals surface area contributed by atoms with Gasteiger partial charge in [-0.05, 0) is 48.5 Å². The summed E-state index contributed by atoms with van der Waals surface area (Å²) in [6.07, 6.45) is 3.94. The molecule has 0 unspecified atom stereocenters. The van der Waals surface area contributed by atoms with Crippen LogP contribution in [0.3, 0.4) is 0 Å². The van der Waals surface area contributed by atoms with E-state index in [-0.39, 0.29) is 11.4 Å². The molecule has 36 heavy (non-hydrogen) atoms. The van der Waals surface area contributed by atoms with Crippen LogP contribution in [-0.4, -0.2) is 9.85 Å². The number of non-ortho nitro benzene ring substituents is 2. The SMILES string of the molecule is O=[N+]([O-])c1ccc(C2=CN(c3ccccc3)C(c3ccc([N+](=O)[O-])cc3)=CN2c2ccccc2)cc1. The third-order valence-corrected chi connectivity index (χ3v) is 5.84. The first-order valence-electron chi connectivity index (χ1n) is 11.1. The molecule has 0 amide bonds. The lowest BCUT2D eigenvalue weighted by atomic mass is 10.0. The molecule has 0 aliphatic carbocycles. The zero-order valence-corrected chi connectivity index (χ0v) is 19.0. The number of benzene rings is 4. The summed E-state index contributed by atoms with van der Waals surface area (Å²) in [6, 6.07) is 32.4. The summed E-state index contributed by atoms with van der Waals surface area (Å²) >= 11 is 0. The highest BCUT2D eigenvalue weighted by molar-refractivity contribution is 5.95. The molecule has 1 aliphatic heterocycles. The summed E-state index contributed by atoms with van der Waals surface area (Å²) in [4.78, 5) is 25.6. The Morgan fingerprint density at radius 1 is 0.472 bits per heavy atom. The van der Waals surface area contributed by atoms with Crippen LogP contribution in [0.1, 0.15) is 11.1 Å². The fourth-order valence-electron chi connectivity index (χ4n) is 4.05. The van der Waals surface area contributed by atoms with Crippen LogP contribution in [0.2, 0.25) is 0 Å². The van der Waals surface area contributed by atoms with Gasteiger partial charge in [0.25, 0.3) is 11.4 Å². The van der Waals surface area contributed by atoms with Crippen LogP contribution in [0.15, 0.2) is 122 Å². The zero-order valence-electron chi connectivity index (χ0n) is 19.0. The molecule has 0 saturated carbocycles. The van der Waals surface area contributed by atoms with Gasteiger partial charge in [-0.3, -0.25) is 20.2 Å². The fraction of sp³-hybridized carbons (Fsp3) is 0. The summed E-state index contributed by atoms with van der Waals surface area (Å²) in [7, 11) is 0. The molecule has 176 valence electrons. The lowest BCUT2D eigenvalue weighted by Crippen LogP contribution is -2.27. The molecular weight excluding hydrogens is 456 g/mol. The van der Waals surface area contributed by atoms with Crippen molar-refractivity contribution in [1.82, 2.24) is 0 Å². The zero-order chi connectivity index (χ0) is 25.1. The van der Waals surface area contributed by atoms with Gasteiger partial charge in [0, 0.05) is 59.2 Å². The topological polar surface area (TPSA) is 92.8 Å². The van der Waals surface area contributed by atoms with Crippen LogP contribution in [-0.2, 0) is 0 Å². The highest BCUT2D eigenvalue weighted by atomic mass is 16.6. The average Bonchev–Trinajstić information content (AvgIpc) is 2.93. The number of nitro benzene ring substituents is 2. The maximum absolute atomic E-state index is 11.2. The number of hydrogen-bond acceptors (Lipinski definition) is 6. The van der Waals surface area contributed by atoms with E-state index in [9.17, 15) is 20.2 Å². The van der Waals surface area contributed by atoms with Gasteiger partial charge in [0.2, 0.25) is 0 Å². The molecule has 1 aliphatic rings. The van der Waals surface area contributed by atoms with Crippen molar-refractivity contribution in [2.75, 3.05) is 9.80 Å². The first kappa shape index (κ1) is 22.5. The van der Waals surface area contributed by atoms with Crippen LogP contribution in [0.5, 0.6) is 0 Å². The monoisotopic (exact) mass is 476 g/mol. The Hall–Kier alpha value is -5.24. The Balaban J connectivity index is 1.68. The number of rotatable bonds is 6. The standard InChI is InChI=1S/C28H20N4O4/c33-31(34)25-15-11-21(12-16-25)27-20-30(24-9-5-2-6-10-24)28(19-29(27)23-7-3-1-4-8-23)22-13-17-26(18-14-22)32(35)36/h1-20H. The Morgan fingerprint density at radius 2 is 0.806 bits per heavy atom. The van der Waals surface area contributed by atoms with E-state index >= 15 is 0 Å². The first-order valence-corrected chi connectivity index (χ1v) is 11.1. The molecule has 4 aromatic carbocycles. The maximum atomic E-state index is 11.2. The molecule has 0 atom stereocenters. The minimum absolute atomic E-state index is 0.0171. The molecule has 4 aromatic rings. The summed E-state index contributed by atoms with van der Waals surface area (Å²) in [6.45, 7) is 0. The molecule has 0 N–H and O–H groups in total. The van der Waals surface area contributed by atoms with E-state index in [1.165, 1.54) is 24.3 Å². The van der Waals surface area contributed by atoms with E-state index < -0.39 is 9.85 Å². The van der Waals surface area contributed by atoms with Crippen molar-refractivity contribution in [3.63, 3.8) is 0 Å². The van der Waals surface area contributed by atoms with Crippen LogP contribution in [0, 0.1) is 20.2 Å². The second-order valence-corrected chi connectivity index (χ2v) is 8.05. The Kier molecular flexibility index (Phi) is 5.98. The fourth-order valence-corrected chi connectivity index (χ4v) is 4.05. The largest absolute Gasteiger partial charge is 0.313 e. The first-order chi connectivity index (χ1) is 17.5. The van der Waals surface area contributed by atoms with E-state index in [2.05, 4.69) is 0 Å². The van der Waals surface area contributed by atoms with Crippen LogP contribution in [0.4, 0.5) is 22.7 Å². The van der Waals surface area contributed by atoms with Crippen molar-refractivity contribution >= 4 is 34.1 Å². The third-order valence-electron chi connectivity index (χ3n) is 5.84. The molecule has 0 radical (unpaired) electrons. The predicted molar refractivity (Wildman–Crippen MR) is 140 cm³/mol. The maximum Gasteiger partial charge on any atom is 0.269 e. The molecule has 0 bridgehead atoms. The number of hydrogen-bond donors (Lipinski definition) is 0. The van der Waals surface area contributed by atoms with Crippen molar-refractivity contribution < 1.29 is 9.85 Å². The smallest absolute Gasteiger partial charge is 0.269 e. The summed E-state index contributed by atoms with van der Waals surface area (Å²) in [5.41, 5.74) is 5.04. The molecule has 8 nitrogen and oxygen atoms in total. The second-order valence-electron chi connectivity index (χ2n) is 8.05. The van der Waals surface area contributed by atoms with Gasteiger partial charge < -0.3 is 9.80 Å². The predicted octanol–water partition coefficient (Wildman–Crippen LogP) is 6.83. The van der Waals surface area contributed by atoms with Gasteiger partial charge in [-0.1, -0.05) is 36.4 Å². The molecule has 0 aromatic heterocycles. The lowest BCUT2D eigenvalue weighted by Gasteiger charge is -2.35. The number of anilines is 2. The van der Waals surface area contributed by atoms with Gasteiger partial charge in [-0.15, -0.1) is 0 Å². The molecule has 0 spiro atoms. The van der Waals surface area contributed by atoms with Gasteiger partial charge in [-0.2, -0.15) is 0 Å². The van der Waals surface area contributed by atoms with Crippen LogP contribution in [0.25, 0.3) is 11.4 Å². The van der Waals surface area contributed by atoms with Crippen LogP contribution < -0.4 is 9.80 Å². The van der Waals surface area contributed by atoms with E-state index in [0.29, 0.717) is 0 Å². The normalized spacial score (nSPS) is 13.1. The minimum Gasteiger partial charge on any atom is -0.313 e. The molecule has 0 saturated heterocycles.